The summed E-state index contributed by atoms with van der Waals surface area (Å²) in [6, 6.07) is 19.4. The first-order valence-electron chi connectivity index (χ1n) is 16.1. The van der Waals surface area contributed by atoms with E-state index >= 15 is 0 Å². The number of aliphatic hydroxyl groups excluding tert-OH is 5. The van der Waals surface area contributed by atoms with Gasteiger partial charge in [-0.1, -0.05) is 48.0 Å². The fourth-order valence-electron chi connectivity index (χ4n) is 5.52. The number of hydrogen-bond acceptors (Lipinski definition) is 10. The van der Waals surface area contributed by atoms with Crippen molar-refractivity contribution in [2.45, 2.75) is 57.3 Å². The fourth-order valence-corrected chi connectivity index (χ4v) is 5.76. The predicted octanol–water partition coefficient (Wildman–Crippen LogP) is 4.79. The molecule has 0 saturated carbocycles. The van der Waals surface area contributed by atoms with Crippen LogP contribution in [-0.4, -0.2) is 76.3 Å². The van der Waals surface area contributed by atoms with Gasteiger partial charge in [0.1, 0.15) is 56.2 Å². The molecule has 6 N–H and O–H groups in total. The summed E-state index contributed by atoms with van der Waals surface area (Å²) in [5.41, 5.74) is 3.64. The molecule has 1 aliphatic heterocycles. The maximum absolute atomic E-state index is 13.3. The van der Waals surface area contributed by atoms with Crippen molar-refractivity contribution in [1.82, 2.24) is 5.32 Å². The lowest BCUT2D eigenvalue weighted by Crippen LogP contribution is -2.48. The zero-order valence-electron chi connectivity index (χ0n) is 27.6. The minimum atomic E-state index is -4.53. The molecular formula is C37H39ClF3NO9. The van der Waals surface area contributed by atoms with Gasteiger partial charge < -0.3 is 49.8 Å². The minimum Gasteiger partial charge on any atom is -0.488 e. The summed E-state index contributed by atoms with van der Waals surface area (Å²) >= 11 is 6.64. The summed E-state index contributed by atoms with van der Waals surface area (Å²) in [5.74, 6) is 1.83. The van der Waals surface area contributed by atoms with Crippen molar-refractivity contribution in [3.8, 4) is 34.1 Å². The van der Waals surface area contributed by atoms with Crippen LogP contribution >= 0.6 is 11.6 Å². The summed E-state index contributed by atoms with van der Waals surface area (Å²) in [7, 11) is 0. The SMILES string of the molecule is Cc1c(COc2cc(OCc3cccc(C(F)(F)F)c3)c(CNC[C@H](O)[C@@H](O)[C@H](O)[C@H](O)CO)cc2Cl)cccc1-c1ccc2c(c1)OCCO2. The van der Waals surface area contributed by atoms with E-state index in [1.165, 1.54) is 18.2 Å². The Bertz CT molecular complexity index is 1790. The highest BCUT2D eigenvalue weighted by Crippen LogP contribution is 2.38. The molecule has 4 aromatic rings. The quantitative estimate of drug-likeness (QED) is 0.101. The number of benzene rings is 4. The van der Waals surface area contributed by atoms with E-state index in [0.717, 1.165) is 34.4 Å². The lowest BCUT2D eigenvalue weighted by atomic mass is 9.96. The van der Waals surface area contributed by atoms with Gasteiger partial charge in [-0.25, -0.2) is 0 Å². The smallest absolute Gasteiger partial charge is 0.416 e. The Labute approximate surface area is 297 Å². The zero-order chi connectivity index (χ0) is 36.7. The van der Waals surface area contributed by atoms with Crippen LogP contribution in [0.4, 0.5) is 13.2 Å². The predicted molar refractivity (Wildman–Crippen MR) is 182 cm³/mol. The second-order valence-corrected chi connectivity index (χ2v) is 12.5. The molecule has 0 unspecified atom stereocenters. The third-order valence-electron chi connectivity index (χ3n) is 8.44. The number of alkyl halides is 3. The van der Waals surface area contributed by atoms with Gasteiger partial charge in [0.2, 0.25) is 0 Å². The minimum absolute atomic E-state index is 0.0110. The number of aliphatic hydroxyl groups is 5. The number of fused-ring (bicyclic) bond motifs is 1. The van der Waals surface area contributed by atoms with Gasteiger partial charge in [-0.2, -0.15) is 13.2 Å². The molecule has 4 atom stereocenters. The summed E-state index contributed by atoms with van der Waals surface area (Å²) < 4.78 is 63.6. The van der Waals surface area contributed by atoms with Crippen LogP contribution in [0, 0.1) is 6.92 Å². The molecule has 0 aromatic heterocycles. The van der Waals surface area contributed by atoms with Gasteiger partial charge in [0, 0.05) is 24.7 Å². The summed E-state index contributed by atoms with van der Waals surface area (Å²) in [5, 5.41) is 52.1. The van der Waals surface area contributed by atoms with E-state index in [2.05, 4.69) is 5.32 Å². The van der Waals surface area contributed by atoms with E-state index < -0.39 is 42.8 Å². The Morgan fingerprint density at radius 1 is 0.804 bits per heavy atom. The molecule has 5 rings (SSSR count). The Hall–Kier alpha value is -4.08. The van der Waals surface area contributed by atoms with Crippen molar-refractivity contribution in [1.29, 1.82) is 0 Å². The lowest BCUT2D eigenvalue weighted by molar-refractivity contribution is -0.137. The highest BCUT2D eigenvalue weighted by molar-refractivity contribution is 6.32. The molecule has 1 aliphatic rings. The Morgan fingerprint density at radius 2 is 1.51 bits per heavy atom. The maximum Gasteiger partial charge on any atom is 0.416 e. The van der Waals surface area contributed by atoms with Crippen molar-refractivity contribution >= 4 is 11.6 Å². The normalized spacial score (nSPS) is 15.2. The topological polar surface area (TPSA) is 150 Å². The Kier molecular flexibility index (Phi) is 12.7. The van der Waals surface area contributed by atoms with Crippen molar-refractivity contribution in [3.05, 3.63) is 106 Å². The summed E-state index contributed by atoms with van der Waals surface area (Å²) in [4.78, 5) is 0. The first-order valence-corrected chi connectivity index (χ1v) is 16.5. The first-order chi connectivity index (χ1) is 24.3. The molecule has 0 saturated heterocycles. The average molecular weight is 734 g/mol. The highest BCUT2D eigenvalue weighted by Gasteiger charge is 2.31. The van der Waals surface area contributed by atoms with Gasteiger partial charge >= 0.3 is 6.18 Å². The summed E-state index contributed by atoms with van der Waals surface area (Å²) in [6.07, 6.45) is -11.3. The van der Waals surface area contributed by atoms with Gasteiger partial charge in [0.15, 0.2) is 11.5 Å². The van der Waals surface area contributed by atoms with E-state index in [0.29, 0.717) is 30.3 Å². The molecule has 274 valence electrons. The number of rotatable bonds is 15. The monoisotopic (exact) mass is 733 g/mol. The highest BCUT2D eigenvalue weighted by atomic mass is 35.5. The van der Waals surface area contributed by atoms with Gasteiger partial charge in [-0.15, -0.1) is 0 Å². The van der Waals surface area contributed by atoms with Crippen molar-refractivity contribution in [2.24, 2.45) is 0 Å². The third kappa shape index (κ3) is 9.63. The van der Waals surface area contributed by atoms with Crippen LogP contribution in [0.2, 0.25) is 5.02 Å². The second kappa shape index (κ2) is 17.0. The first kappa shape index (κ1) is 38.2. The van der Waals surface area contributed by atoms with Crippen LogP contribution in [0.5, 0.6) is 23.0 Å². The maximum atomic E-state index is 13.3. The average Bonchev–Trinajstić information content (AvgIpc) is 3.13. The third-order valence-corrected chi connectivity index (χ3v) is 8.74. The van der Waals surface area contributed by atoms with Crippen molar-refractivity contribution in [2.75, 3.05) is 26.4 Å². The van der Waals surface area contributed by atoms with Crippen LogP contribution in [0.25, 0.3) is 11.1 Å². The molecule has 0 fully saturated rings. The van der Waals surface area contributed by atoms with Crippen molar-refractivity contribution in [3.63, 3.8) is 0 Å². The van der Waals surface area contributed by atoms with E-state index in [9.17, 15) is 33.6 Å². The van der Waals surface area contributed by atoms with Crippen LogP contribution < -0.4 is 24.3 Å². The molecule has 51 heavy (non-hydrogen) atoms. The van der Waals surface area contributed by atoms with E-state index in [1.807, 2.05) is 43.3 Å². The molecule has 10 nitrogen and oxygen atoms in total. The molecule has 0 radical (unpaired) electrons. The molecule has 0 bridgehead atoms. The molecular weight excluding hydrogens is 695 g/mol. The fraction of sp³-hybridized carbons (Fsp3) is 0.351. The van der Waals surface area contributed by atoms with Gasteiger partial charge in [-0.05, 0) is 65.1 Å². The van der Waals surface area contributed by atoms with Gasteiger partial charge in [0.25, 0.3) is 0 Å². The molecule has 0 amide bonds. The van der Waals surface area contributed by atoms with E-state index in [4.69, 9.17) is 35.7 Å². The lowest BCUT2D eigenvalue weighted by Gasteiger charge is -2.26. The molecule has 0 spiro atoms. The van der Waals surface area contributed by atoms with Crippen LogP contribution in [0.15, 0.2) is 72.8 Å². The number of nitrogens with one attached hydrogen (secondary N) is 1. The molecule has 4 aromatic carbocycles. The van der Waals surface area contributed by atoms with E-state index in [-0.39, 0.29) is 48.4 Å². The van der Waals surface area contributed by atoms with Gasteiger partial charge in [-0.3, -0.25) is 0 Å². The van der Waals surface area contributed by atoms with Crippen LogP contribution in [0.3, 0.4) is 0 Å². The molecule has 1 heterocycles. The van der Waals surface area contributed by atoms with Gasteiger partial charge in [0.05, 0.1) is 23.3 Å². The van der Waals surface area contributed by atoms with Crippen LogP contribution in [0.1, 0.15) is 27.8 Å². The Morgan fingerprint density at radius 3 is 2.25 bits per heavy atom. The standard InChI is InChI=1S/C37H39ClF3NO9/c1-21-24(5-3-7-27(21)23-8-9-31-34(14-23)49-11-10-48-31)20-51-33-15-32(50-19-22-4-2-6-26(12-22)37(39,40)41)25(13-28(33)38)16-42-17-29(44)35(46)36(47)30(45)18-43/h2-9,12-15,29-30,35-36,42-47H,10-11,16-20H2,1H3/t29-,30+,35+,36+/m0/s1. The zero-order valence-corrected chi connectivity index (χ0v) is 28.3. The molecule has 0 aliphatic carbocycles. The largest absolute Gasteiger partial charge is 0.488 e. The number of hydrogen-bond donors (Lipinski definition) is 6. The van der Waals surface area contributed by atoms with E-state index in [1.54, 1.807) is 6.07 Å². The Balaban J connectivity index is 1.34. The molecule has 14 heteroatoms. The summed E-state index contributed by atoms with van der Waals surface area (Å²) in [6.45, 7) is 1.78. The number of ether oxygens (including phenoxy) is 4. The van der Waals surface area contributed by atoms with Crippen molar-refractivity contribution < 1.29 is 57.7 Å². The number of halogens is 4. The van der Waals surface area contributed by atoms with Crippen LogP contribution in [-0.2, 0) is 25.9 Å². The second-order valence-electron chi connectivity index (χ2n) is 12.0.